The lowest BCUT2D eigenvalue weighted by Crippen LogP contribution is -2.69. The molecule has 3 aliphatic rings. The Kier molecular flexibility index (Phi) is 4.87. The van der Waals surface area contributed by atoms with E-state index in [1.54, 1.807) is 24.3 Å². The van der Waals surface area contributed by atoms with Crippen LogP contribution >= 0.6 is 0 Å². The van der Waals surface area contributed by atoms with Gasteiger partial charge in [-0.25, -0.2) is 17.5 Å². The number of rotatable bonds is 6. The number of hydrogen-bond acceptors (Lipinski definition) is 7. The Bertz CT molecular complexity index is 1260. The van der Waals surface area contributed by atoms with Crippen LogP contribution in [0.3, 0.4) is 0 Å². The van der Waals surface area contributed by atoms with E-state index in [1.165, 1.54) is 36.0 Å². The van der Waals surface area contributed by atoms with Gasteiger partial charge in [-0.2, -0.15) is 0 Å². The van der Waals surface area contributed by atoms with Gasteiger partial charge in [0, 0.05) is 33.0 Å². The summed E-state index contributed by atoms with van der Waals surface area (Å²) in [6.45, 7) is -0.333. The first-order chi connectivity index (χ1) is 15.7. The standard InChI is InChI=1S/C22H23N3O7S/c1-23(2)33(29,30)19-10-9-15(32-19)13-31-21(28)22-12-11-18(26)25(22)17-6-4-3-5-16(17)20(27)24(22)14-7-8-14/h3-6,9-10,14H,7-8,11-13H2,1-2H3. The van der Waals surface area contributed by atoms with Gasteiger partial charge in [-0.05, 0) is 37.1 Å². The number of nitrogens with zero attached hydrogens (tertiary/aromatic N) is 3. The second-order valence-electron chi connectivity index (χ2n) is 8.55. The molecular weight excluding hydrogens is 450 g/mol. The molecule has 1 saturated heterocycles. The first-order valence-electron chi connectivity index (χ1n) is 10.6. The monoisotopic (exact) mass is 473 g/mol. The number of esters is 1. The Morgan fingerprint density at radius 1 is 1.18 bits per heavy atom. The molecule has 10 nitrogen and oxygen atoms in total. The van der Waals surface area contributed by atoms with Gasteiger partial charge in [0.05, 0.1) is 11.3 Å². The van der Waals surface area contributed by atoms with E-state index in [9.17, 15) is 22.8 Å². The topological polar surface area (TPSA) is 117 Å². The van der Waals surface area contributed by atoms with Crippen LogP contribution in [0.1, 0.15) is 41.8 Å². The Hall–Kier alpha value is -3.18. The third-order valence-corrected chi connectivity index (χ3v) is 7.95. The highest BCUT2D eigenvalue weighted by Gasteiger charge is 2.64. The lowest BCUT2D eigenvalue weighted by molar-refractivity contribution is -0.159. The van der Waals surface area contributed by atoms with Gasteiger partial charge in [0.25, 0.3) is 15.9 Å². The molecule has 1 unspecified atom stereocenters. The molecule has 1 atom stereocenters. The van der Waals surface area contributed by atoms with E-state index in [1.807, 2.05) is 0 Å². The van der Waals surface area contributed by atoms with Crippen molar-refractivity contribution in [2.24, 2.45) is 0 Å². The zero-order valence-corrected chi connectivity index (χ0v) is 19.0. The SMILES string of the molecule is CN(C)S(=O)(=O)c1ccc(COC(=O)C23CCC(=O)N2c2ccccc2C(=O)N3C2CC2)o1. The number of benzene rings is 1. The molecule has 0 radical (unpaired) electrons. The van der Waals surface area contributed by atoms with Gasteiger partial charge in [-0.15, -0.1) is 0 Å². The van der Waals surface area contributed by atoms with Gasteiger partial charge in [0.1, 0.15) is 12.4 Å². The van der Waals surface area contributed by atoms with Crippen LogP contribution in [0.2, 0.25) is 0 Å². The fraction of sp³-hybridized carbons (Fsp3) is 0.409. The average Bonchev–Trinajstić information content (AvgIpc) is 3.38. The van der Waals surface area contributed by atoms with Crippen LogP contribution in [0.25, 0.3) is 0 Å². The molecule has 1 saturated carbocycles. The number of ether oxygens (including phenoxy) is 1. The fourth-order valence-electron chi connectivity index (χ4n) is 4.52. The van der Waals surface area contributed by atoms with Crippen LogP contribution in [0.5, 0.6) is 0 Å². The van der Waals surface area contributed by atoms with Crippen LogP contribution in [0.4, 0.5) is 5.69 Å². The molecule has 1 aromatic heterocycles. The van der Waals surface area contributed by atoms with Gasteiger partial charge >= 0.3 is 5.97 Å². The fourth-order valence-corrected chi connectivity index (χ4v) is 5.33. The van der Waals surface area contributed by atoms with E-state index in [-0.39, 0.29) is 48.2 Å². The molecule has 1 aromatic carbocycles. The molecular formula is C22H23N3O7S. The van der Waals surface area contributed by atoms with Gasteiger partial charge in [0.2, 0.25) is 16.7 Å². The number of hydrogen-bond donors (Lipinski definition) is 0. The molecule has 33 heavy (non-hydrogen) atoms. The van der Waals surface area contributed by atoms with Gasteiger partial charge < -0.3 is 14.1 Å². The number of carbonyl (C=O) groups is 3. The summed E-state index contributed by atoms with van der Waals surface area (Å²) in [6, 6.07) is 9.32. The van der Waals surface area contributed by atoms with Crippen molar-refractivity contribution in [3.63, 3.8) is 0 Å². The number of carbonyl (C=O) groups excluding carboxylic acids is 3. The maximum Gasteiger partial charge on any atom is 0.354 e. The van der Waals surface area contributed by atoms with Crippen LogP contribution in [-0.2, 0) is 31.0 Å². The maximum absolute atomic E-state index is 13.6. The first-order valence-corrected chi connectivity index (χ1v) is 12.1. The van der Waals surface area contributed by atoms with E-state index in [0.717, 1.165) is 17.1 Å². The molecule has 11 heteroatoms. The summed E-state index contributed by atoms with van der Waals surface area (Å²) >= 11 is 0. The van der Waals surface area contributed by atoms with E-state index in [4.69, 9.17) is 9.15 Å². The molecule has 2 fully saturated rings. The van der Waals surface area contributed by atoms with Crippen LogP contribution in [-0.4, -0.2) is 61.2 Å². The lowest BCUT2D eigenvalue weighted by atomic mass is 9.96. The van der Waals surface area contributed by atoms with E-state index in [2.05, 4.69) is 0 Å². The highest BCUT2D eigenvalue weighted by Crippen LogP contribution is 2.49. The summed E-state index contributed by atoms with van der Waals surface area (Å²) in [7, 11) is -1.01. The van der Waals surface area contributed by atoms with E-state index >= 15 is 0 Å². The smallest absolute Gasteiger partial charge is 0.354 e. The number of sulfonamides is 1. The average molecular weight is 474 g/mol. The molecule has 2 aliphatic heterocycles. The predicted octanol–water partition coefficient (Wildman–Crippen LogP) is 1.71. The van der Waals surface area contributed by atoms with Gasteiger partial charge in [-0.3, -0.25) is 14.5 Å². The number of furan rings is 1. The van der Waals surface area contributed by atoms with Crippen molar-refractivity contribution in [3.8, 4) is 0 Å². The molecule has 174 valence electrons. The van der Waals surface area contributed by atoms with E-state index < -0.39 is 21.7 Å². The zero-order valence-electron chi connectivity index (χ0n) is 18.2. The van der Waals surface area contributed by atoms with E-state index in [0.29, 0.717) is 11.3 Å². The van der Waals surface area contributed by atoms with Crippen LogP contribution in [0, 0.1) is 0 Å². The van der Waals surface area contributed by atoms with Crippen LogP contribution in [0.15, 0.2) is 45.9 Å². The Balaban J connectivity index is 1.47. The molecule has 0 N–H and O–H groups in total. The minimum Gasteiger partial charge on any atom is -0.454 e. The summed E-state index contributed by atoms with van der Waals surface area (Å²) in [4.78, 5) is 42.8. The van der Waals surface area contributed by atoms with Crippen molar-refractivity contribution >= 4 is 33.5 Å². The van der Waals surface area contributed by atoms with Gasteiger partial charge in [0.15, 0.2) is 0 Å². The Morgan fingerprint density at radius 3 is 2.61 bits per heavy atom. The minimum absolute atomic E-state index is 0.103. The third kappa shape index (κ3) is 3.17. The second kappa shape index (κ2) is 7.42. The Morgan fingerprint density at radius 2 is 1.91 bits per heavy atom. The molecule has 2 aromatic rings. The highest BCUT2D eigenvalue weighted by molar-refractivity contribution is 7.88. The summed E-state index contributed by atoms with van der Waals surface area (Å²) < 4.78 is 36.4. The lowest BCUT2D eigenvalue weighted by Gasteiger charge is -2.48. The number of amides is 2. The van der Waals surface area contributed by atoms with Crippen molar-refractivity contribution in [2.75, 3.05) is 19.0 Å². The maximum atomic E-state index is 13.6. The molecule has 2 amide bonds. The van der Waals surface area contributed by atoms with Crippen molar-refractivity contribution in [3.05, 3.63) is 47.7 Å². The van der Waals surface area contributed by atoms with Crippen molar-refractivity contribution < 1.29 is 32.0 Å². The first kappa shape index (κ1) is 21.7. The molecule has 0 bridgehead atoms. The number of para-hydroxylation sites is 1. The summed E-state index contributed by atoms with van der Waals surface area (Å²) in [6.07, 6.45) is 1.72. The normalized spacial score (nSPS) is 22.5. The number of fused-ring (bicyclic) bond motifs is 3. The molecule has 1 aliphatic carbocycles. The summed E-state index contributed by atoms with van der Waals surface area (Å²) in [5.41, 5.74) is -0.779. The summed E-state index contributed by atoms with van der Waals surface area (Å²) in [5.74, 6) is -1.16. The minimum atomic E-state index is -3.77. The number of anilines is 1. The predicted molar refractivity (Wildman–Crippen MR) is 114 cm³/mol. The summed E-state index contributed by atoms with van der Waals surface area (Å²) in [5, 5.41) is -0.268. The quantitative estimate of drug-likeness (QED) is 0.586. The second-order valence-corrected chi connectivity index (χ2v) is 10.6. The van der Waals surface area contributed by atoms with Crippen molar-refractivity contribution in [2.45, 2.75) is 49.1 Å². The van der Waals surface area contributed by atoms with Crippen molar-refractivity contribution in [1.82, 2.24) is 9.21 Å². The third-order valence-electron chi connectivity index (χ3n) is 6.26. The Labute approximate surface area is 190 Å². The zero-order chi connectivity index (χ0) is 23.5. The van der Waals surface area contributed by atoms with Gasteiger partial charge in [-0.1, -0.05) is 12.1 Å². The molecule has 5 rings (SSSR count). The molecule has 3 heterocycles. The highest BCUT2D eigenvalue weighted by atomic mass is 32.2. The molecule has 0 spiro atoms. The largest absolute Gasteiger partial charge is 0.454 e. The van der Waals surface area contributed by atoms with Crippen LogP contribution < -0.4 is 4.90 Å². The van der Waals surface area contributed by atoms with Crippen molar-refractivity contribution in [1.29, 1.82) is 0 Å².